The minimum absolute atomic E-state index is 0.562. The minimum atomic E-state index is 0.562. The molecule has 0 aliphatic heterocycles. The average molecular weight is 179 g/mol. The Hall–Kier alpha value is -1.02. The molecule has 1 aromatic carbocycles. The van der Waals surface area contributed by atoms with Gasteiger partial charge in [0.05, 0.1) is 0 Å². The molecule has 2 nitrogen and oxygen atoms in total. The molecule has 0 atom stereocenters. The second-order valence-electron chi connectivity index (χ2n) is 3.34. The number of hydrogen-bond donors (Lipinski definition) is 1. The Morgan fingerprint density at radius 1 is 1.23 bits per heavy atom. The molecule has 0 saturated carbocycles. The highest BCUT2D eigenvalue weighted by Crippen LogP contribution is 2.22. The van der Waals surface area contributed by atoms with E-state index in [-0.39, 0.29) is 0 Å². The van der Waals surface area contributed by atoms with Gasteiger partial charge < -0.3 is 10.5 Å². The van der Waals surface area contributed by atoms with Crippen LogP contribution in [-0.4, -0.2) is 13.2 Å². The first-order valence-corrected chi connectivity index (χ1v) is 4.56. The van der Waals surface area contributed by atoms with E-state index in [0.29, 0.717) is 13.2 Å². The van der Waals surface area contributed by atoms with E-state index < -0.39 is 0 Å². The van der Waals surface area contributed by atoms with Gasteiger partial charge in [0.2, 0.25) is 0 Å². The Kier molecular flexibility index (Phi) is 3.32. The van der Waals surface area contributed by atoms with E-state index >= 15 is 0 Å². The molecule has 2 N–H and O–H groups in total. The summed E-state index contributed by atoms with van der Waals surface area (Å²) in [4.78, 5) is 0. The molecule has 1 aromatic rings. The van der Waals surface area contributed by atoms with E-state index in [1.807, 2.05) is 0 Å². The van der Waals surface area contributed by atoms with Crippen molar-refractivity contribution in [2.24, 2.45) is 5.73 Å². The number of aryl methyl sites for hydroxylation is 2. The third-order valence-electron chi connectivity index (χ3n) is 2.14. The number of nitrogens with two attached hydrogens (primary N) is 1. The quantitative estimate of drug-likeness (QED) is 0.769. The normalized spacial score (nSPS) is 10.2. The second-order valence-corrected chi connectivity index (χ2v) is 3.34. The van der Waals surface area contributed by atoms with Crippen LogP contribution in [0.2, 0.25) is 0 Å². The molecule has 1 rings (SSSR count). The summed E-state index contributed by atoms with van der Waals surface area (Å²) in [7, 11) is 0. The summed E-state index contributed by atoms with van der Waals surface area (Å²) >= 11 is 0. The van der Waals surface area contributed by atoms with Gasteiger partial charge in [0.15, 0.2) is 0 Å². The first kappa shape index (κ1) is 10.1. The van der Waals surface area contributed by atoms with Crippen LogP contribution >= 0.6 is 0 Å². The lowest BCUT2D eigenvalue weighted by Gasteiger charge is -2.11. The van der Waals surface area contributed by atoms with Crippen molar-refractivity contribution in [1.82, 2.24) is 0 Å². The summed E-state index contributed by atoms with van der Waals surface area (Å²) in [6, 6.07) is 4.21. The third-order valence-corrected chi connectivity index (χ3v) is 2.14. The zero-order valence-electron chi connectivity index (χ0n) is 8.55. The summed E-state index contributed by atoms with van der Waals surface area (Å²) in [6.07, 6.45) is 0. The minimum Gasteiger partial charge on any atom is -0.492 e. The maximum Gasteiger partial charge on any atom is 0.122 e. The Morgan fingerprint density at radius 3 is 2.54 bits per heavy atom. The van der Waals surface area contributed by atoms with E-state index in [2.05, 4.69) is 32.9 Å². The molecule has 0 radical (unpaired) electrons. The topological polar surface area (TPSA) is 35.2 Å². The Labute approximate surface area is 79.7 Å². The Bertz CT molecular complexity index is 294. The van der Waals surface area contributed by atoms with Gasteiger partial charge in [-0.05, 0) is 43.5 Å². The third kappa shape index (κ3) is 2.46. The molecule has 0 fully saturated rings. The van der Waals surface area contributed by atoms with Crippen molar-refractivity contribution >= 4 is 0 Å². The Balaban J connectivity index is 2.92. The first-order valence-electron chi connectivity index (χ1n) is 4.56. The van der Waals surface area contributed by atoms with Gasteiger partial charge in [0, 0.05) is 6.54 Å². The fourth-order valence-electron chi connectivity index (χ4n) is 1.32. The van der Waals surface area contributed by atoms with Crippen LogP contribution in [0.4, 0.5) is 0 Å². The molecular formula is C11H17NO. The molecular weight excluding hydrogens is 162 g/mol. The lowest BCUT2D eigenvalue weighted by molar-refractivity contribution is 0.325. The van der Waals surface area contributed by atoms with Gasteiger partial charge in [0.25, 0.3) is 0 Å². The lowest BCUT2D eigenvalue weighted by atomic mass is 10.1. The smallest absolute Gasteiger partial charge is 0.122 e. The van der Waals surface area contributed by atoms with Crippen molar-refractivity contribution in [3.63, 3.8) is 0 Å². The standard InChI is InChI=1S/C11H17NO/c1-8-6-9(2)10(3)11(7-8)13-5-4-12/h6-7H,4-5,12H2,1-3H3. The second kappa shape index (κ2) is 4.28. The largest absolute Gasteiger partial charge is 0.492 e. The average Bonchev–Trinajstić information content (AvgIpc) is 2.09. The SMILES string of the molecule is Cc1cc(C)c(C)c(OCCN)c1. The van der Waals surface area contributed by atoms with Crippen LogP contribution in [0, 0.1) is 20.8 Å². The van der Waals surface area contributed by atoms with Gasteiger partial charge in [-0.25, -0.2) is 0 Å². The van der Waals surface area contributed by atoms with Crippen LogP contribution in [0.3, 0.4) is 0 Å². The van der Waals surface area contributed by atoms with Crippen molar-refractivity contribution in [2.75, 3.05) is 13.2 Å². The lowest BCUT2D eigenvalue weighted by Crippen LogP contribution is -2.11. The fraction of sp³-hybridized carbons (Fsp3) is 0.455. The van der Waals surface area contributed by atoms with Gasteiger partial charge in [-0.1, -0.05) is 6.07 Å². The molecule has 0 aliphatic rings. The predicted octanol–water partition coefficient (Wildman–Crippen LogP) is 1.95. The molecule has 13 heavy (non-hydrogen) atoms. The molecule has 0 heterocycles. The Morgan fingerprint density at radius 2 is 1.92 bits per heavy atom. The van der Waals surface area contributed by atoms with Crippen molar-refractivity contribution in [3.8, 4) is 5.75 Å². The van der Waals surface area contributed by atoms with E-state index in [0.717, 1.165) is 5.75 Å². The highest BCUT2D eigenvalue weighted by Gasteiger charge is 2.02. The zero-order valence-corrected chi connectivity index (χ0v) is 8.55. The first-order chi connectivity index (χ1) is 6.15. The molecule has 0 unspecified atom stereocenters. The van der Waals surface area contributed by atoms with Gasteiger partial charge in [-0.2, -0.15) is 0 Å². The van der Waals surface area contributed by atoms with Crippen molar-refractivity contribution in [1.29, 1.82) is 0 Å². The van der Waals surface area contributed by atoms with Gasteiger partial charge >= 0.3 is 0 Å². The molecule has 0 amide bonds. The summed E-state index contributed by atoms with van der Waals surface area (Å²) in [5.74, 6) is 0.961. The molecule has 0 aromatic heterocycles. The summed E-state index contributed by atoms with van der Waals surface area (Å²) in [5.41, 5.74) is 9.09. The molecule has 2 heteroatoms. The van der Waals surface area contributed by atoms with Crippen LogP contribution in [0.25, 0.3) is 0 Å². The zero-order chi connectivity index (χ0) is 9.84. The highest BCUT2D eigenvalue weighted by molar-refractivity contribution is 5.41. The monoisotopic (exact) mass is 179 g/mol. The van der Waals surface area contributed by atoms with Crippen molar-refractivity contribution in [2.45, 2.75) is 20.8 Å². The van der Waals surface area contributed by atoms with Gasteiger partial charge in [0.1, 0.15) is 12.4 Å². The predicted molar refractivity (Wildman–Crippen MR) is 55.2 cm³/mol. The number of benzene rings is 1. The summed E-state index contributed by atoms with van der Waals surface area (Å²) in [5, 5.41) is 0. The van der Waals surface area contributed by atoms with Gasteiger partial charge in [-0.3, -0.25) is 0 Å². The van der Waals surface area contributed by atoms with E-state index in [9.17, 15) is 0 Å². The van der Waals surface area contributed by atoms with Crippen LogP contribution in [0.5, 0.6) is 5.75 Å². The molecule has 72 valence electrons. The van der Waals surface area contributed by atoms with Crippen molar-refractivity contribution in [3.05, 3.63) is 28.8 Å². The van der Waals surface area contributed by atoms with E-state index in [1.54, 1.807) is 0 Å². The van der Waals surface area contributed by atoms with Crippen LogP contribution in [0.15, 0.2) is 12.1 Å². The van der Waals surface area contributed by atoms with Crippen molar-refractivity contribution < 1.29 is 4.74 Å². The number of hydrogen-bond acceptors (Lipinski definition) is 2. The van der Waals surface area contributed by atoms with Crippen LogP contribution in [0.1, 0.15) is 16.7 Å². The molecule has 0 spiro atoms. The number of rotatable bonds is 3. The summed E-state index contributed by atoms with van der Waals surface area (Å²) < 4.78 is 5.52. The van der Waals surface area contributed by atoms with E-state index in [1.165, 1.54) is 16.7 Å². The number of ether oxygens (including phenoxy) is 1. The maximum atomic E-state index is 5.52. The fourth-order valence-corrected chi connectivity index (χ4v) is 1.32. The highest BCUT2D eigenvalue weighted by atomic mass is 16.5. The van der Waals surface area contributed by atoms with Gasteiger partial charge in [-0.15, -0.1) is 0 Å². The van der Waals surface area contributed by atoms with Crippen LogP contribution in [-0.2, 0) is 0 Å². The molecule has 0 saturated heterocycles. The summed E-state index contributed by atoms with van der Waals surface area (Å²) in [6.45, 7) is 7.39. The maximum absolute atomic E-state index is 5.52. The molecule has 0 bridgehead atoms. The molecule has 0 aliphatic carbocycles. The van der Waals surface area contributed by atoms with E-state index in [4.69, 9.17) is 10.5 Å². The van der Waals surface area contributed by atoms with Crippen LogP contribution < -0.4 is 10.5 Å².